The van der Waals surface area contributed by atoms with E-state index < -0.39 is 0 Å². The molecule has 2 aromatic carbocycles. The lowest BCUT2D eigenvalue weighted by atomic mass is 10.0. The number of benzene rings is 2. The highest BCUT2D eigenvalue weighted by Crippen LogP contribution is 2.26. The first kappa shape index (κ1) is 20.5. The molecule has 4 rings (SSSR count). The van der Waals surface area contributed by atoms with Gasteiger partial charge in [-0.15, -0.1) is 11.3 Å². The molecule has 1 aliphatic rings. The summed E-state index contributed by atoms with van der Waals surface area (Å²) < 4.78 is 5.52. The molecule has 1 aliphatic heterocycles. The van der Waals surface area contributed by atoms with E-state index in [2.05, 4.69) is 27.7 Å². The third-order valence-electron chi connectivity index (χ3n) is 5.25. The van der Waals surface area contributed by atoms with Gasteiger partial charge in [0.05, 0.1) is 19.3 Å². The van der Waals surface area contributed by atoms with Gasteiger partial charge in [0.1, 0.15) is 0 Å². The molecule has 5 heteroatoms. The number of hydrogen-bond donors (Lipinski definition) is 1. The summed E-state index contributed by atoms with van der Waals surface area (Å²) in [6.45, 7) is 3.80. The predicted octanol–water partition coefficient (Wildman–Crippen LogP) is 4.48. The zero-order valence-corrected chi connectivity index (χ0v) is 17.7. The molecule has 1 aromatic heterocycles. The molecule has 1 fully saturated rings. The molecule has 30 heavy (non-hydrogen) atoms. The molecule has 3 aromatic rings. The van der Waals surface area contributed by atoms with Gasteiger partial charge < -0.3 is 10.1 Å². The maximum absolute atomic E-state index is 13.3. The maximum atomic E-state index is 13.3. The molecule has 1 atom stereocenters. The monoisotopic (exact) mass is 418 g/mol. The topological polar surface area (TPSA) is 41.6 Å². The van der Waals surface area contributed by atoms with Gasteiger partial charge in [0.25, 0.3) is 5.91 Å². The first-order valence-electron chi connectivity index (χ1n) is 10.3. The van der Waals surface area contributed by atoms with Crippen LogP contribution in [0, 0.1) is 0 Å². The number of nitrogens with zero attached hydrogens (tertiary/aromatic N) is 1. The van der Waals surface area contributed by atoms with Crippen LogP contribution >= 0.6 is 11.3 Å². The van der Waals surface area contributed by atoms with Crippen molar-refractivity contribution in [2.24, 2.45) is 0 Å². The average Bonchev–Trinajstić information content (AvgIpc) is 3.34. The van der Waals surface area contributed by atoms with Gasteiger partial charge in [-0.25, -0.2) is 0 Å². The zero-order chi connectivity index (χ0) is 20.6. The van der Waals surface area contributed by atoms with Crippen molar-refractivity contribution in [1.29, 1.82) is 0 Å². The molecular formula is C25H26N2O2S. The fourth-order valence-electron chi connectivity index (χ4n) is 3.68. The number of nitrogens with one attached hydrogen (secondary N) is 1. The van der Waals surface area contributed by atoms with Gasteiger partial charge in [0.15, 0.2) is 0 Å². The normalized spacial score (nSPS) is 16.2. The number of carbonyl (C=O) groups is 1. The van der Waals surface area contributed by atoms with E-state index in [9.17, 15) is 4.79 Å². The molecule has 1 saturated heterocycles. The standard InChI is InChI=1S/C25H26N2O2S/c28-25(22(21-10-5-2-6-11-21)18-20-8-3-1-4-9-20)26-19-23(24-12-7-17-30-24)27-13-15-29-16-14-27/h1-12,17-18,23H,13-16,19H2,(H,26,28)/b22-18+. The van der Waals surface area contributed by atoms with Gasteiger partial charge in [-0.3, -0.25) is 9.69 Å². The Morgan fingerprint density at radius 2 is 1.70 bits per heavy atom. The van der Waals surface area contributed by atoms with Gasteiger partial charge in [-0.2, -0.15) is 0 Å². The lowest BCUT2D eigenvalue weighted by molar-refractivity contribution is -0.115. The van der Waals surface area contributed by atoms with Crippen molar-refractivity contribution in [2.45, 2.75) is 6.04 Å². The molecule has 0 bridgehead atoms. The van der Waals surface area contributed by atoms with Gasteiger partial charge in [0.2, 0.25) is 0 Å². The molecule has 1 unspecified atom stereocenters. The quantitative estimate of drug-likeness (QED) is 0.454. The highest BCUT2D eigenvalue weighted by atomic mass is 32.1. The molecule has 0 spiro atoms. The van der Waals surface area contributed by atoms with Crippen LogP contribution in [0.4, 0.5) is 0 Å². The van der Waals surface area contributed by atoms with Crippen molar-refractivity contribution < 1.29 is 9.53 Å². The van der Waals surface area contributed by atoms with Crippen LogP contribution in [0.1, 0.15) is 22.0 Å². The fourth-order valence-corrected chi connectivity index (χ4v) is 4.54. The summed E-state index contributed by atoms with van der Waals surface area (Å²) in [5.41, 5.74) is 2.60. The minimum absolute atomic E-state index is 0.0557. The van der Waals surface area contributed by atoms with E-state index in [0.29, 0.717) is 12.1 Å². The molecule has 0 aliphatic carbocycles. The Bertz CT molecular complexity index is 949. The third kappa shape index (κ3) is 5.25. The second kappa shape index (κ2) is 10.3. The molecule has 2 heterocycles. The van der Waals surface area contributed by atoms with Crippen molar-refractivity contribution in [3.8, 4) is 0 Å². The molecule has 154 valence electrons. The van der Waals surface area contributed by atoms with Crippen LogP contribution in [0.25, 0.3) is 11.6 Å². The summed E-state index contributed by atoms with van der Waals surface area (Å²) >= 11 is 1.74. The average molecular weight is 419 g/mol. The fraction of sp³-hybridized carbons (Fsp3) is 0.240. The predicted molar refractivity (Wildman–Crippen MR) is 123 cm³/mol. The van der Waals surface area contributed by atoms with E-state index in [4.69, 9.17) is 4.74 Å². The number of ether oxygens (including phenoxy) is 1. The van der Waals surface area contributed by atoms with E-state index in [0.717, 1.165) is 37.4 Å². The summed E-state index contributed by atoms with van der Waals surface area (Å²) in [4.78, 5) is 17.0. The van der Waals surface area contributed by atoms with Crippen LogP contribution < -0.4 is 5.32 Å². The van der Waals surface area contributed by atoms with Crippen LogP contribution in [0.5, 0.6) is 0 Å². The lowest BCUT2D eigenvalue weighted by Crippen LogP contribution is -2.43. The molecular weight excluding hydrogens is 392 g/mol. The van der Waals surface area contributed by atoms with Crippen LogP contribution in [-0.2, 0) is 9.53 Å². The van der Waals surface area contributed by atoms with E-state index in [1.165, 1.54) is 4.88 Å². The van der Waals surface area contributed by atoms with Crippen LogP contribution in [-0.4, -0.2) is 43.7 Å². The van der Waals surface area contributed by atoms with Crippen molar-refractivity contribution >= 4 is 28.9 Å². The van der Waals surface area contributed by atoms with Gasteiger partial charge in [-0.1, -0.05) is 66.7 Å². The number of thiophene rings is 1. The van der Waals surface area contributed by atoms with Crippen LogP contribution in [0.3, 0.4) is 0 Å². The van der Waals surface area contributed by atoms with Gasteiger partial charge in [0, 0.05) is 30.1 Å². The third-order valence-corrected chi connectivity index (χ3v) is 6.23. The van der Waals surface area contributed by atoms with Crippen molar-refractivity contribution in [1.82, 2.24) is 10.2 Å². The number of morpholine rings is 1. The smallest absolute Gasteiger partial charge is 0.251 e. The minimum Gasteiger partial charge on any atom is -0.379 e. The van der Waals surface area contributed by atoms with Crippen molar-refractivity contribution in [3.05, 3.63) is 94.2 Å². The summed E-state index contributed by atoms with van der Waals surface area (Å²) in [7, 11) is 0. The van der Waals surface area contributed by atoms with Gasteiger partial charge >= 0.3 is 0 Å². The Morgan fingerprint density at radius 1 is 1.00 bits per heavy atom. The first-order chi connectivity index (χ1) is 14.8. The van der Waals surface area contributed by atoms with E-state index in [1.54, 1.807) is 11.3 Å². The largest absolute Gasteiger partial charge is 0.379 e. The Labute approximate surface area is 181 Å². The zero-order valence-electron chi connectivity index (χ0n) is 16.9. The van der Waals surface area contributed by atoms with Crippen LogP contribution in [0.15, 0.2) is 78.2 Å². The van der Waals surface area contributed by atoms with E-state index >= 15 is 0 Å². The highest BCUT2D eigenvalue weighted by Gasteiger charge is 2.24. The van der Waals surface area contributed by atoms with Crippen LogP contribution in [0.2, 0.25) is 0 Å². The molecule has 0 saturated carbocycles. The number of carbonyl (C=O) groups excluding carboxylic acids is 1. The minimum atomic E-state index is -0.0557. The van der Waals surface area contributed by atoms with E-state index in [-0.39, 0.29) is 11.9 Å². The molecule has 1 N–H and O–H groups in total. The maximum Gasteiger partial charge on any atom is 0.251 e. The Hall–Kier alpha value is -2.73. The molecule has 0 radical (unpaired) electrons. The van der Waals surface area contributed by atoms with Crippen molar-refractivity contribution in [3.63, 3.8) is 0 Å². The molecule has 4 nitrogen and oxygen atoms in total. The summed E-state index contributed by atoms with van der Waals surface area (Å²) in [6.07, 6.45) is 1.96. The summed E-state index contributed by atoms with van der Waals surface area (Å²) in [5.74, 6) is -0.0557. The second-order valence-electron chi connectivity index (χ2n) is 7.22. The number of hydrogen-bond acceptors (Lipinski definition) is 4. The van der Waals surface area contributed by atoms with Crippen molar-refractivity contribution in [2.75, 3.05) is 32.8 Å². The number of amides is 1. The Morgan fingerprint density at radius 3 is 2.37 bits per heavy atom. The van der Waals surface area contributed by atoms with E-state index in [1.807, 2.05) is 66.7 Å². The SMILES string of the molecule is O=C(NCC(c1cccs1)N1CCOCC1)/C(=C/c1ccccc1)c1ccccc1. The Kier molecular flexibility index (Phi) is 7.08. The highest BCUT2D eigenvalue weighted by molar-refractivity contribution is 7.10. The second-order valence-corrected chi connectivity index (χ2v) is 8.20. The summed E-state index contributed by atoms with van der Waals surface area (Å²) in [5, 5.41) is 5.30. The summed E-state index contributed by atoms with van der Waals surface area (Å²) in [6, 6.07) is 24.2. The van der Waals surface area contributed by atoms with Gasteiger partial charge in [-0.05, 0) is 28.6 Å². The number of rotatable bonds is 7. The lowest BCUT2D eigenvalue weighted by Gasteiger charge is -2.34. The molecule has 1 amide bonds. The first-order valence-corrected chi connectivity index (χ1v) is 11.1. The Balaban J connectivity index is 1.55.